The summed E-state index contributed by atoms with van der Waals surface area (Å²) < 4.78 is 13.2. The quantitative estimate of drug-likeness (QED) is 0.891. The van der Waals surface area contributed by atoms with Gasteiger partial charge in [-0.15, -0.1) is 11.8 Å². The summed E-state index contributed by atoms with van der Waals surface area (Å²) >= 11 is 1.55. The molecule has 21 heavy (non-hydrogen) atoms. The molecule has 0 saturated carbocycles. The molecule has 0 radical (unpaired) electrons. The number of hydrogen-bond donors (Lipinski definition) is 1. The molecule has 1 amide bonds. The van der Waals surface area contributed by atoms with Gasteiger partial charge in [-0.25, -0.2) is 4.39 Å². The molecule has 2 nitrogen and oxygen atoms in total. The highest BCUT2D eigenvalue weighted by Crippen LogP contribution is 2.17. The highest BCUT2D eigenvalue weighted by molar-refractivity contribution is 7.99. The number of anilines is 1. The van der Waals surface area contributed by atoms with Crippen LogP contribution in [0.1, 0.15) is 16.7 Å². The maximum Gasteiger partial charge on any atom is 0.234 e. The molecule has 0 heterocycles. The number of amides is 1. The number of aryl methyl sites for hydroxylation is 2. The molecule has 0 atom stereocenters. The van der Waals surface area contributed by atoms with E-state index in [9.17, 15) is 9.18 Å². The predicted octanol–water partition coefficient (Wildman–Crippen LogP) is 4.31. The van der Waals surface area contributed by atoms with E-state index in [2.05, 4.69) is 17.4 Å². The van der Waals surface area contributed by atoms with Crippen LogP contribution < -0.4 is 5.32 Å². The highest BCUT2D eigenvalue weighted by Gasteiger charge is 2.06. The van der Waals surface area contributed by atoms with Gasteiger partial charge in [0.15, 0.2) is 0 Å². The molecular weight excluding hydrogens is 285 g/mol. The molecule has 0 aliphatic rings. The molecule has 2 rings (SSSR count). The second-order valence-electron chi connectivity index (χ2n) is 4.99. The maximum absolute atomic E-state index is 13.2. The van der Waals surface area contributed by atoms with Crippen molar-refractivity contribution >= 4 is 23.4 Å². The summed E-state index contributed by atoms with van der Waals surface area (Å²) in [5.41, 5.74) is 3.81. The summed E-state index contributed by atoms with van der Waals surface area (Å²) in [5, 5.41) is 2.75. The number of nitrogens with one attached hydrogen (secondary N) is 1. The molecule has 2 aromatic carbocycles. The molecule has 0 aliphatic heterocycles. The Hall–Kier alpha value is -1.81. The Labute approximate surface area is 128 Å². The van der Waals surface area contributed by atoms with Crippen LogP contribution in [-0.2, 0) is 10.5 Å². The average Bonchev–Trinajstić information content (AvgIpc) is 2.43. The first-order valence-electron chi connectivity index (χ1n) is 6.74. The fourth-order valence-corrected chi connectivity index (χ4v) is 2.75. The Bertz CT molecular complexity index is 642. The van der Waals surface area contributed by atoms with E-state index in [-0.39, 0.29) is 11.7 Å². The summed E-state index contributed by atoms with van der Waals surface area (Å²) in [5.74, 6) is 0.686. The Kier molecular flexibility index (Phi) is 5.39. The number of halogens is 1. The van der Waals surface area contributed by atoms with Gasteiger partial charge in [-0.05, 0) is 37.1 Å². The first kappa shape index (κ1) is 15.6. The number of hydrogen-bond acceptors (Lipinski definition) is 2. The smallest absolute Gasteiger partial charge is 0.234 e. The molecule has 1 N–H and O–H groups in total. The fraction of sp³-hybridized carbons (Fsp3) is 0.235. The van der Waals surface area contributed by atoms with E-state index < -0.39 is 0 Å². The summed E-state index contributed by atoms with van der Waals surface area (Å²) in [4.78, 5) is 11.9. The molecule has 0 aromatic heterocycles. The van der Waals surface area contributed by atoms with Crippen LogP contribution in [0.15, 0.2) is 42.5 Å². The van der Waals surface area contributed by atoms with Gasteiger partial charge >= 0.3 is 0 Å². The minimum Gasteiger partial charge on any atom is -0.325 e. The van der Waals surface area contributed by atoms with Crippen LogP contribution in [-0.4, -0.2) is 11.7 Å². The molecule has 4 heteroatoms. The van der Waals surface area contributed by atoms with E-state index in [0.717, 1.165) is 11.3 Å². The van der Waals surface area contributed by atoms with Crippen LogP contribution in [0, 0.1) is 19.7 Å². The van der Waals surface area contributed by atoms with Crippen molar-refractivity contribution in [3.63, 3.8) is 0 Å². The molecule has 0 unspecified atom stereocenters. The predicted molar refractivity (Wildman–Crippen MR) is 87.1 cm³/mol. The minimum absolute atomic E-state index is 0.110. The number of carbonyl (C=O) groups excluding carboxylic acids is 1. The van der Waals surface area contributed by atoms with Gasteiger partial charge in [-0.2, -0.15) is 0 Å². The zero-order chi connectivity index (χ0) is 15.2. The topological polar surface area (TPSA) is 29.1 Å². The first-order chi connectivity index (χ1) is 10.0. The van der Waals surface area contributed by atoms with Crippen LogP contribution in [0.2, 0.25) is 0 Å². The largest absolute Gasteiger partial charge is 0.325 e. The standard InChI is InChI=1S/C17H18FNOS/c1-12-4-3-5-14(8-12)10-21-11-17(20)19-16-9-15(18)7-6-13(16)2/h3-9H,10-11H2,1-2H3,(H,19,20). The first-order valence-corrected chi connectivity index (χ1v) is 7.89. The van der Waals surface area contributed by atoms with Gasteiger partial charge in [0.1, 0.15) is 5.82 Å². The Balaban J connectivity index is 1.84. The fourth-order valence-electron chi connectivity index (χ4n) is 1.98. The van der Waals surface area contributed by atoms with Crippen molar-refractivity contribution in [1.82, 2.24) is 0 Å². The van der Waals surface area contributed by atoms with Crippen LogP contribution in [0.5, 0.6) is 0 Å². The summed E-state index contributed by atoms with van der Waals surface area (Å²) in [6, 6.07) is 12.6. The minimum atomic E-state index is -0.344. The SMILES string of the molecule is Cc1cccc(CSCC(=O)Nc2cc(F)ccc2C)c1. The van der Waals surface area contributed by atoms with Gasteiger partial charge < -0.3 is 5.32 Å². The Morgan fingerprint density at radius 2 is 2.00 bits per heavy atom. The van der Waals surface area contributed by atoms with Gasteiger partial charge in [-0.1, -0.05) is 35.9 Å². The van der Waals surface area contributed by atoms with Crippen molar-refractivity contribution in [2.45, 2.75) is 19.6 Å². The zero-order valence-corrected chi connectivity index (χ0v) is 13.0. The van der Waals surface area contributed by atoms with Crippen molar-refractivity contribution in [3.8, 4) is 0 Å². The van der Waals surface area contributed by atoms with E-state index in [1.54, 1.807) is 17.8 Å². The van der Waals surface area contributed by atoms with E-state index in [0.29, 0.717) is 11.4 Å². The number of benzene rings is 2. The molecule has 2 aromatic rings. The second kappa shape index (κ2) is 7.27. The van der Waals surface area contributed by atoms with Crippen molar-refractivity contribution in [2.24, 2.45) is 0 Å². The summed E-state index contributed by atoms with van der Waals surface area (Å²) in [6.45, 7) is 3.89. The summed E-state index contributed by atoms with van der Waals surface area (Å²) in [7, 11) is 0. The third-order valence-corrected chi connectivity index (χ3v) is 4.06. The van der Waals surface area contributed by atoms with Gasteiger partial charge in [0.25, 0.3) is 0 Å². The molecule has 110 valence electrons. The average molecular weight is 303 g/mol. The van der Waals surface area contributed by atoms with E-state index in [1.807, 2.05) is 26.0 Å². The van der Waals surface area contributed by atoms with Crippen LogP contribution in [0.4, 0.5) is 10.1 Å². The van der Waals surface area contributed by atoms with Crippen molar-refractivity contribution in [3.05, 3.63) is 65.0 Å². The van der Waals surface area contributed by atoms with Crippen molar-refractivity contribution in [1.29, 1.82) is 0 Å². The van der Waals surface area contributed by atoms with Crippen LogP contribution in [0.25, 0.3) is 0 Å². The molecule has 0 aliphatic carbocycles. The number of carbonyl (C=O) groups is 1. The van der Waals surface area contributed by atoms with Crippen LogP contribution in [0.3, 0.4) is 0 Å². The molecular formula is C17H18FNOS. The van der Waals surface area contributed by atoms with E-state index in [4.69, 9.17) is 0 Å². The van der Waals surface area contributed by atoms with E-state index >= 15 is 0 Å². The normalized spacial score (nSPS) is 10.4. The van der Waals surface area contributed by atoms with Crippen LogP contribution >= 0.6 is 11.8 Å². The third kappa shape index (κ3) is 4.90. The number of thioether (sulfide) groups is 1. The molecule has 0 spiro atoms. The highest BCUT2D eigenvalue weighted by atomic mass is 32.2. The lowest BCUT2D eigenvalue weighted by Crippen LogP contribution is -2.15. The van der Waals surface area contributed by atoms with Gasteiger partial charge in [-0.3, -0.25) is 4.79 Å². The lowest BCUT2D eigenvalue weighted by molar-refractivity contribution is -0.113. The Morgan fingerprint density at radius 3 is 2.76 bits per heavy atom. The van der Waals surface area contributed by atoms with Gasteiger partial charge in [0, 0.05) is 11.4 Å². The summed E-state index contributed by atoms with van der Waals surface area (Å²) in [6.07, 6.45) is 0. The molecule has 0 fully saturated rings. The second-order valence-corrected chi connectivity index (χ2v) is 5.97. The van der Waals surface area contributed by atoms with Crippen molar-refractivity contribution in [2.75, 3.05) is 11.1 Å². The maximum atomic E-state index is 13.2. The monoisotopic (exact) mass is 303 g/mol. The molecule has 0 saturated heterocycles. The van der Waals surface area contributed by atoms with Gasteiger partial charge in [0.2, 0.25) is 5.91 Å². The van der Waals surface area contributed by atoms with E-state index in [1.165, 1.54) is 23.3 Å². The lowest BCUT2D eigenvalue weighted by Gasteiger charge is -2.08. The molecule has 0 bridgehead atoms. The Morgan fingerprint density at radius 1 is 1.19 bits per heavy atom. The number of rotatable bonds is 5. The van der Waals surface area contributed by atoms with Crippen molar-refractivity contribution < 1.29 is 9.18 Å². The lowest BCUT2D eigenvalue weighted by atomic mass is 10.2. The van der Waals surface area contributed by atoms with Gasteiger partial charge in [0.05, 0.1) is 5.75 Å². The third-order valence-electron chi connectivity index (χ3n) is 3.06. The zero-order valence-electron chi connectivity index (χ0n) is 12.2.